The van der Waals surface area contributed by atoms with Crippen molar-refractivity contribution in [3.63, 3.8) is 0 Å². The summed E-state index contributed by atoms with van der Waals surface area (Å²) in [6, 6.07) is 15.2. The number of likely N-dealkylation sites (tertiary alicyclic amines) is 1. The molecule has 2 aliphatic carbocycles. The van der Waals surface area contributed by atoms with Crippen molar-refractivity contribution < 1.29 is 29.0 Å². The first kappa shape index (κ1) is 21.5. The molecule has 3 aliphatic rings. The van der Waals surface area contributed by atoms with E-state index in [2.05, 4.69) is 17.4 Å². The van der Waals surface area contributed by atoms with Crippen LogP contribution in [0.3, 0.4) is 0 Å². The molecule has 33 heavy (non-hydrogen) atoms. The van der Waals surface area contributed by atoms with Crippen LogP contribution < -0.4 is 5.32 Å². The summed E-state index contributed by atoms with van der Waals surface area (Å²) >= 11 is 0. The Kier molecular flexibility index (Phi) is 5.32. The molecule has 2 aromatic rings. The SMILES string of the molecule is COCC(NC(=O)OCC1c2ccccc2-c2ccccc21)C(=O)N1CC2CC2(C(=O)O)C1. The van der Waals surface area contributed by atoms with Crippen LogP contribution in [0, 0.1) is 11.3 Å². The summed E-state index contributed by atoms with van der Waals surface area (Å²) in [7, 11) is 1.44. The number of alkyl carbamates (subject to hydrolysis) is 1. The van der Waals surface area contributed by atoms with E-state index < -0.39 is 23.5 Å². The summed E-state index contributed by atoms with van der Waals surface area (Å²) in [5.74, 6) is -1.31. The van der Waals surface area contributed by atoms with Crippen molar-refractivity contribution in [2.75, 3.05) is 33.4 Å². The molecule has 0 spiro atoms. The van der Waals surface area contributed by atoms with Crippen molar-refractivity contribution in [3.8, 4) is 11.1 Å². The van der Waals surface area contributed by atoms with Gasteiger partial charge in [-0.2, -0.15) is 0 Å². The fourth-order valence-corrected chi connectivity index (χ4v) is 5.33. The van der Waals surface area contributed by atoms with Gasteiger partial charge in [-0.05, 0) is 34.6 Å². The van der Waals surface area contributed by atoms with E-state index in [1.807, 2.05) is 36.4 Å². The topological polar surface area (TPSA) is 105 Å². The molecule has 2 aromatic carbocycles. The number of fused-ring (bicyclic) bond motifs is 4. The molecule has 5 rings (SSSR count). The highest BCUT2D eigenvalue weighted by Crippen LogP contribution is 2.57. The highest BCUT2D eigenvalue weighted by molar-refractivity contribution is 5.88. The van der Waals surface area contributed by atoms with E-state index in [0.717, 1.165) is 22.3 Å². The van der Waals surface area contributed by atoms with Gasteiger partial charge in [0.1, 0.15) is 12.6 Å². The number of rotatable bonds is 7. The van der Waals surface area contributed by atoms with Crippen LogP contribution in [0.2, 0.25) is 0 Å². The number of hydrogen-bond acceptors (Lipinski definition) is 5. The molecule has 172 valence electrons. The molecule has 3 unspecified atom stereocenters. The molecule has 2 fully saturated rings. The molecular formula is C25H26N2O6. The third kappa shape index (κ3) is 3.64. The molecule has 3 atom stereocenters. The molecule has 0 aromatic heterocycles. The Hall–Kier alpha value is -3.39. The third-order valence-electron chi connectivity index (χ3n) is 7.15. The summed E-state index contributed by atoms with van der Waals surface area (Å²) in [6.07, 6.45) is -0.106. The number of hydrogen-bond donors (Lipinski definition) is 2. The number of carbonyl (C=O) groups is 3. The van der Waals surface area contributed by atoms with Crippen LogP contribution in [0.25, 0.3) is 11.1 Å². The number of piperidine rings is 1. The first-order valence-electron chi connectivity index (χ1n) is 11.1. The maximum Gasteiger partial charge on any atom is 0.407 e. The molecule has 0 radical (unpaired) electrons. The van der Waals surface area contributed by atoms with Crippen LogP contribution in [-0.2, 0) is 19.1 Å². The van der Waals surface area contributed by atoms with E-state index in [4.69, 9.17) is 9.47 Å². The van der Waals surface area contributed by atoms with E-state index in [0.29, 0.717) is 13.0 Å². The molecule has 1 saturated carbocycles. The normalized spacial score (nSPS) is 23.3. The molecule has 1 heterocycles. The van der Waals surface area contributed by atoms with Crippen LogP contribution in [0.5, 0.6) is 0 Å². The second-order valence-electron chi connectivity index (χ2n) is 9.06. The van der Waals surface area contributed by atoms with Gasteiger partial charge in [-0.25, -0.2) is 4.79 Å². The van der Waals surface area contributed by atoms with Crippen LogP contribution in [0.1, 0.15) is 23.5 Å². The van der Waals surface area contributed by atoms with Gasteiger partial charge < -0.3 is 24.8 Å². The van der Waals surface area contributed by atoms with E-state index in [9.17, 15) is 19.5 Å². The minimum Gasteiger partial charge on any atom is -0.481 e. The number of carboxylic acids is 1. The zero-order chi connectivity index (χ0) is 23.2. The van der Waals surface area contributed by atoms with Crippen molar-refractivity contribution in [3.05, 3.63) is 59.7 Å². The predicted molar refractivity (Wildman–Crippen MR) is 119 cm³/mol. The van der Waals surface area contributed by atoms with Crippen molar-refractivity contribution in [2.45, 2.75) is 18.4 Å². The molecule has 0 bridgehead atoms. The molecule has 2 N–H and O–H groups in total. The Balaban J connectivity index is 1.23. The Bertz CT molecular complexity index is 1070. The minimum absolute atomic E-state index is 0.0170. The second-order valence-corrected chi connectivity index (χ2v) is 9.06. The monoisotopic (exact) mass is 450 g/mol. The van der Waals surface area contributed by atoms with E-state index in [-0.39, 0.29) is 37.5 Å². The maximum atomic E-state index is 13.0. The van der Waals surface area contributed by atoms with Crippen molar-refractivity contribution in [2.24, 2.45) is 11.3 Å². The maximum absolute atomic E-state index is 13.0. The van der Waals surface area contributed by atoms with Crippen molar-refractivity contribution >= 4 is 18.0 Å². The predicted octanol–water partition coefficient (Wildman–Crippen LogP) is 2.47. The summed E-state index contributed by atoms with van der Waals surface area (Å²) in [5, 5.41) is 12.1. The lowest BCUT2D eigenvalue weighted by Gasteiger charge is -2.25. The Labute approximate surface area is 191 Å². The minimum atomic E-state index is -0.936. The van der Waals surface area contributed by atoms with Crippen LogP contribution >= 0.6 is 0 Å². The highest BCUT2D eigenvalue weighted by Gasteiger charge is 2.66. The number of nitrogens with zero attached hydrogens (tertiary/aromatic N) is 1. The summed E-state index contributed by atoms with van der Waals surface area (Å²) in [6.45, 7) is 0.669. The second kappa shape index (κ2) is 8.19. The number of benzene rings is 2. The number of amides is 2. The average Bonchev–Trinajstić information content (AvgIpc) is 3.25. The summed E-state index contributed by atoms with van der Waals surface area (Å²) in [5.41, 5.74) is 3.65. The lowest BCUT2D eigenvalue weighted by Crippen LogP contribution is -2.51. The zero-order valence-electron chi connectivity index (χ0n) is 18.3. The quantitative estimate of drug-likeness (QED) is 0.672. The third-order valence-corrected chi connectivity index (χ3v) is 7.15. The Morgan fingerprint density at radius 2 is 1.76 bits per heavy atom. The average molecular weight is 450 g/mol. The van der Waals surface area contributed by atoms with E-state index >= 15 is 0 Å². The number of nitrogens with one attached hydrogen (secondary N) is 1. The molecule has 2 amide bonds. The van der Waals surface area contributed by atoms with Gasteiger partial charge in [-0.1, -0.05) is 48.5 Å². The Morgan fingerprint density at radius 1 is 1.12 bits per heavy atom. The fourth-order valence-electron chi connectivity index (χ4n) is 5.33. The Morgan fingerprint density at radius 3 is 2.33 bits per heavy atom. The number of carbonyl (C=O) groups excluding carboxylic acids is 2. The number of ether oxygens (including phenoxy) is 2. The summed E-state index contributed by atoms with van der Waals surface area (Å²) in [4.78, 5) is 38.6. The number of aliphatic carboxylic acids is 1. The van der Waals surface area contributed by atoms with Gasteiger partial charge in [0.2, 0.25) is 5.91 Å². The number of carboxylic acid groups (broad SMARTS) is 1. The van der Waals surface area contributed by atoms with Gasteiger partial charge in [0.05, 0.1) is 12.0 Å². The van der Waals surface area contributed by atoms with Crippen LogP contribution in [0.15, 0.2) is 48.5 Å². The van der Waals surface area contributed by atoms with Crippen molar-refractivity contribution in [1.29, 1.82) is 0 Å². The van der Waals surface area contributed by atoms with E-state index in [1.54, 1.807) is 0 Å². The largest absolute Gasteiger partial charge is 0.481 e. The van der Waals surface area contributed by atoms with Gasteiger partial charge in [0.15, 0.2) is 0 Å². The van der Waals surface area contributed by atoms with Gasteiger partial charge in [0, 0.05) is 26.1 Å². The van der Waals surface area contributed by atoms with Crippen LogP contribution in [0.4, 0.5) is 4.79 Å². The lowest BCUT2D eigenvalue weighted by atomic mass is 9.98. The van der Waals surface area contributed by atoms with Gasteiger partial charge in [0.25, 0.3) is 0 Å². The van der Waals surface area contributed by atoms with Crippen LogP contribution in [-0.4, -0.2) is 67.4 Å². The zero-order valence-corrected chi connectivity index (χ0v) is 18.3. The highest BCUT2D eigenvalue weighted by atomic mass is 16.5. The first-order chi connectivity index (χ1) is 15.9. The fraction of sp³-hybridized carbons (Fsp3) is 0.400. The van der Waals surface area contributed by atoms with Crippen molar-refractivity contribution in [1.82, 2.24) is 10.2 Å². The van der Waals surface area contributed by atoms with Gasteiger partial charge in [-0.3, -0.25) is 9.59 Å². The molecular weight excluding hydrogens is 424 g/mol. The van der Waals surface area contributed by atoms with Gasteiger partial charge >= 0.3 is 12.1 Å². The molecule has 8 nitrogen and oxygen atoms in total. The molecule has 1 saturated heterocycles. The standard InChI is InChI=1S/C25H26N2O6/c1-32-13-21(22(28)27-11-15-10-25(15,14-27)23(29)30)26-24(31)33-12-20-18-8-4-2-6-16(18)17-7-3-5-9-19(17)20/h2-9,15,20-21H,10-14H2,1H3,(H,26,31)(H,29,30). The smallest absolute Gasteiger partial charge is 0.407 e. The summed E-state index contributed by atoms with van der Waals surface area (Å²) < 4.78 is 10.7. The molecule has 1 aliphatic heterocycles. The molecule has 8 heteroatoms. The first-order valence-corrected chi connectivity index (χ1v) is 11.1. The number of methoxy groups -OCH3 is 1. The van der Waals surface area contributed by atoms with E-state index in [1.165, 1.54) is 12.0 Å². The lowest BCUT2D eigenvalue weighted by molar-refractivity contribution is -0.144. The van der Waals surface area contributed by atoms with Gasteiger partial charge in [-0.15, -0.1) is 0 Å².